The molecule has 19 heteroatoms. The molecule has 0 saturated heterocycles. The predicted molar refractivity (Wildman–Crippen MR) is 181 cm³/mol. The Balaban J connectivity index is 2.88. The Morgan fingerprint density at radius 2 is 1.74 bits per heavy atom. The Kier molecular flexibility index (Phi) is 16.0. The summed E-state index contributed by atoms with van der Waals surface area (Å²) in [7, 11) is -7.60. The summed E-state index contributed by atoms with van der Waals surface area (Å²) < 4.78 is 94.0. The average Bonchev–Trinajstić information content (AvgIpc) is 3.00. The van der Waals surface area contributed by atoms with Gasteiger partial charge in [-0.1, -0.05) is 44.2 Å². The molecule has 2 amide bonds. The van der Waals surface area contributed by atoms with E-state index in [2.05, 4.69) is 17.2 Å². The Labute approximate surface area is 292 Å². The lowest BCUT2D eigenvalue weighted by molar-refractivity contribution is -0.117. The van der Waals surface area contributed by atoms with Gasteiger partial charge in [-0.25, -0.2) is 13.2 Å². The van der Waals surface area contributed by atoms with Gasteiger partial charge in [-0.15, -0.1) is 6.58 Å². The smallest absolute Gasteiger partial charge is 0.405 e. The van der Waals surface area contributed by atoms with Crippen molar-refractivity contribution in [2.75, 3.05) is 20.8 Å². The molecule has 282 valence electrons. The standard InChI is InChI=1S/C31H47N3O14S2/c1-8-12-33-26-21-13-17(2)14-25(45-7)27(35)19(4)15-20(5)28(46-31(32)37)23(44-6)11-9-10-18(3)30(36)34-22(29(21)48-50(41,42)43)16-24(26)47-49(38,39)40/h8-11,15-17,19,23-25,27-29,33,35H,1,12-14H2,2-7H3,(H2,32,37)(H,34,36)(H,38,39,40)(H,41,42,43)/b11-9+,18-10-,20-15+/t17-,19+,23+,24?,25+,27-,28-,29?/m1/s1. The van der Waals surface area contributed by atoms with E-state index in [0.29, 0.717) is 5.57 Å². The van der Waals surface area contributed by atoms with Crippen LogP contribution >= 0.6 is 0 Å². The molecule has 0 fully saturated rings. The molecule has 2 aliphatic rings. The maximum absolute atomic E-state index is 13.4. The van der Waals surface area contributed by atoms with E-state index < -0.39 is 81.3 Å². The second kappa shape index (κ2) is 18.7. The fourth-order valence-electron chi connectivity index (χ4n) is 5.64. The van der Waals surface area contributed by atoms with E-state index in [1.807, 2.05) is 0 Å². The van der Waals surface area contributed by atoms with Crippen LogP contribution in [0.3, 0.4) is 0 Å². The fourth-order valence-corrected chi connectivity index (χ4v) is 6.52. The number of rotatable bonds is 10. The molecule has 0 aromatic heterocycles. The van der Waals surface area contributed by atoms with Crippen LogP contribution in [0.5, 0.6) is 0 Å². The number of methoxy groups -OCH3 is 2. The van der Waals surface area contributed by atoms with Gasteiger partial charge in [-0.3, -0.25) is 13.9 Å². The first kappa shape index (κ1) is 42.8. The second-order valence-electron chi connectivity index (χ2n) is 11.9. The van der Waals surface area contributed by atoms with Crippen molar-refractivity contribution in [3.8, 4) is 0 Å². The first-order valence-electron chi connectivity index (χ1n) is 15.4. The molecule has 0 saturated carbocycles. The monoisotopic (exact) mass is 749 g/mol. The minimum Gasteiger partial charge on any atom is -0.439 e. The predicted octanol–water partition coefficient (Wildman–Crippen LogP) is 1.78. The molecule has 2 bridgehead atoms. The Morgan fingerprint density at radius 3 is 2.28 bits per heavy atom. The van der Waals surface area contributed by atoms with Crippen molar-refractivity contribution < 1.29 is 63.2 Å². The van der Waals surface area contributed by atoms with Crippen LogP contribution in [-0.2, 0) is 48.2 Å². The van der Waals surface area contributed by atoms with Gasteiger partial charge in [-0.05, 0) is 49.8 Å². The number of ether oxygens (including phenoxy) is 3. The number of nitrogens with one attached hydrogen (secondary N) is 2. The molecule has 0 spiro atoms. The maximum Gasteiger partial charge on any atom is 0.405 e. The van der Waals surface area contributed by atoms with Crippen molar-refractivity contribution in [1.82, 2.24) is 10.6 Å². The number of allylic oxidation sites excluding steroid dienone is 2. The van der Waals surface area contributed by atoms with Crippen LogP contribution in [0.2, 0.25) is 0 Å². The molecule has 17 nitrogen and oxygen atoms in total. The fraction of sp³-hybridized carbons (Fsp3) is 0.548. The number of hydrogen-bond donors (Lipinski definition) is 6. The van der Waals surface area contributed by atoms with E-state index >= 15 is 0 Å². The Bertz CT molecular complexity index is 1620. The van der Waals surface area contributed by atoms with Crippen molar-refractivity contribution in [2.45, 2.75) is 77.2 Å². The van der Waals surface area contributed by atoms with Crippen molar-refractivity contribution in [2.24, 2.45) is 17.6 Å². The summed E-state index contributed by atoms with van der Waals surface area (Å²) in [6, 6.07) is 0. The molecule has 0 aromatic carbocycles. The van der Waals surface area contributed by atoms with Gasteiger partial charge in [0, 0.05) is 38.0 Å². The van der Waals surface area contributed by atoms with Crippen LogP contribution in [0.15, 0.2) is 71.1 Å². The van der Waals surface area contributed by atoms with Gasteiger partial charge in [0.15, 0.2) is 6.10 Å². The summed E-state index contributed by atoms with van der Waals surface area (Å²) in [4.78, 5) is 25.2. The van der Waals surface area contributed by atoms with Gasteiger partial charge in [-0.2, -0.15) is 16.8 Å². The Hall–Kier alpha value is -3.40. The quantitative estimate of drug-likeness (QED) is 0.137. The first-order chi connectivity index (χ1) is 23.2. The second-order valence-corrected chi connectivity index (χ2v) is 14.0. The molecule has 8 atom stereocenters. The van der Waals surface area contributed by atoms with Gasteiger partial charge in [0.25, 0.3) is 5.91 Å². The van der Waals surface area contributed by atoms with Crippen LogP contribution in [0.1, 0.15) is 40.5 Å². The third-order valence-electron chi connectivity index (χ3n) is 7.92. The molecule has 1 aliphatic carbocycles. The number of primary amides is 1. The number of carbonyl (C=O) groups excluding carboxylic acids is 2. The van der Waals surface area contributed by atoms with E-state index in [-0.39, 0.29) is 41.9 Å². The molecule has 1 heterocycles. The Morgan fingerprint density at radius 1 is 1.10 bits per heavy atom. The van der Waals surface area contributed by atoms with Crippen LogP contribution < -0.4 is 16.4 Å². The highest BCUT2D eigenvalue weighted by Crippen LogP contribution is 2.35. The highest BCUT2D eigenvalue weighted by Gasteiger charge is 2.39. The lowest BCUT2D eigenvalue weighted by Crippen LogP contribution is -2.43. The SMILES string of the molecule is C=CCNC1=C2C[C@@H](C)C[C@H](OC)[C@H](O)[C@@H](C)/C=C(\C)[C@@H](OC(N)=O)[C@@H](OC)/C=C/C=C(/C)C(=O)NC(=CC1OS(=O)(=O)O)C2OS(=O)(=O)O. The van der Waals surface area contributed by atoms with E-state index in [1.165, 1.54) is 45.4 Å². The summed E-state index contributed by atoms with van der Waals surface area (Å²) in [5.41, 5.74) is 5.49. The van der Waals surface area contributed by atoms with Crippen molar-refractivity contribution in [1.29, 1.82) is 0 Å². The first-order valence-corrected chi connectivity index (χ1v) is 18.1. The lowest BCUT2D eigenvalue weighted by atomic mass is 9.84. The third-order valence-corrected chi connectivity index (χ3v) is 8.80. The number of amides is 2. The number of carbonyl (C=O) groups is 2. The molecule has 7 N–H and O–H groups in total. The molecule has 2 rings (SSSR count). The van der Waals surface area contributed by atoms with Gasteiger partial charge < -0.3 is 35.7 Å². The number of aliphatic hydroxyl groups is 1. The highest BCUT2D eigenvalue weighted by atomic mass is 32.3. The third kappa shape index (κ3) is 13.1. The van der Waals surface area contributed by atoms with Crippen molar-refractivity contribution >= 4 is 32.8 Å². The van der Waals surface area contributed by atoms with Crippen molar-refractivity contribution in [3.63, 3.8) is 0 Å². The molecule has 2 unspecified atom stereocenters. The minimum atomic E-state index is -5.21. The molecular formula is C31H47N3O14S2. The van der Waals surface area contributed by atoms with Crippen LogP contribution in [0, 0.1) is 11.8 Å². The number of fused-ring (bicyclic) bond motifs is 2. The van der Waals surface area contributed by atoms with Crippen LogP contribution in [-0.4, -0.2) is 100 Å². The lowest BCUT2D eigenvalue weighted by Gasteiger charge is -2.35. The summed E-state index contributed by atoms with van der Waals surface area (Å²) in [6.45, 7) is 10.1. The zero-order chi connectivity index (χ0) is 38.0. The summed E-state index contributed by atoms with van der Waals surface area (Å²) in [6.07, 6.45) is 0.0388. The van der Waals surface area contributed by atoms with Crippen LogP contribution in [0.4, 0.5) is 4.79 Å². The number of aliphatic hydroxyl groups excluding tert-OH is 1. The molecule has 0 aromatic rings. The number of nitrogens with two attached hydrogens (primary N) is 1. The van der Waals surface area contributed by atoms with E-state index in [9.17, 15) is 40.6 Å². The van der Waals surface area contributed by atoms with E-state index in [4.69, 9.17) is 28.3 Å². The average molecular weight is 750 g/mol. The van der Waals surface area contributed by atoms with Gasteiger partial charge in [0.2, 0.25) is 0 Å². The van der Waals surface area contributed by atoms with E-state index in [1.54, 1.807) is 26.8 Å². The topological polar surface area (TPSA) is 259 Å². The number of hydrogen-bond acceptors (Lipinski definition) is 13. The molecule has 50 heavy (non-hydrogen) atoms. The van der Waals surface area contributed by atoms with Gasteiger partial charge in [0.1, 0.15) is 18.3 Å². The normalized spacial score (nSPS) is 32.0. The summed E-state index contributed by atoms with van der Waals surface area (Å²) in [5.74, 6) is -1.89. The van der Waals surface area contributed by atoms with Crippen molar-refractivity contribution in [3.05, 3.63) is 71.1 Å². The summed E-state index contributed by atoms with van der Waals surface area (Å²) >= 11 is 0. The van der Waals surface area contributed by atoms with Crippen LogP contribution in [0.25, 0.3) is 0 Å². The molecule has 1 aliphatic heterocycles. The highest BCUT2D eigenvalue weighted by molar-refractivity contribution is 7.81. The van der Waals surface area contributed by atoms with Gasteiger partial charge >= 0.3 is 26.9 Å². The zero-order valence-corrected chi connectivity index (χ0v) is 30.3. The van der Waals surface area contributed by atoms with Gasteiger partial charge in [0.05, 0.1) is 17.9 Å². The maximum atomic E-state index is 13.4. The zero-order valence-electron chi connectivity index (χ0n) is 28.6. The summed E-state index contributed by atoms with van der Waals surface area (Å²) in [5, 5.41) is 16.7. The largest absolute Gasteiger partial charge is 0.439 e. The molecule has 0 radical (unpaired) electrons. The molecular weight excluding hydrogens is 702 g/mol. The van der Waals surface area contributed by atoms with E-state index in [0.717, 1.165) is 6.08 Å². The minimum absolute atomic E-state index is 0.00635.